The van der Waals surface area contributed by atoms with E-state index < -0.39 is 0 Å². The van der Waals surface area contributed by atoms with Crippen LogP contribution in [0, 0.1) is 0 Å². The normalized spacial score (nSPS) is 10.4. The van der Waals surface area contributed by atoms with Gasteiger partial charge in [-0.05, 0) is 19.1 Å². The van der Waals surface area contributed by atoms with E-state index in [1.807, 2.05) is 6.92 Å². The van der Waals surface area contributed by atoms with E-state index in [2.05, 4.69) is 20.6 Å². The van der Waals surface area contributed by atoms with E-state index >= 15 is 0 Å². The van der Waals surface area contributed by atoms with Crippen molar-refractivity contribution < 1.29 is 0 Å². The molecule has 2 aromatic rings. The zero-order chi connectivity index (χ0) is 14.7. The van der Waals surface area contributed by atoms with Crippen LogP contribution in [0.4, 0.5) is 23.3 Å². The first-order chi connectivity index (χ1) is 9.49. The molecule has 5 nitrogen and oxygen atoms in total. The Kier molecular flexibility index (Phi) is 4.75. The Morgan fingerprint density at radius 3 is 2.35 bits per heavy atom. The van der Waals surface area contributed by atoms with Gasteiger partial charge in [-0.2, -0.15) is 9.97 Å². The highest BCUT2D eigenvalue weighted by molar-refractivity contribution is 6.44. The van der Waals surface area contributed by atoms with E-state index in [-0.39, 0.29) is 5.95 Å². The molecule has 0 radical (unpaired) electrons. The molecule has 1 aromatic heterocycles. The molecular formula is C12H12Cl3N5. The van der Waals surface area contributed by atoms with Gasteiger partial charge in [0.15, 0.2) is 0 Å². The lowest BCUT2D eigenvalue weighted by Gasteiger charge is -2.11. The molecule has 0 fully saturated rings. The number of aromatic nitrogens is 2. The summed E-state index contributed by atoms with van der Waals surface area (Å²) in [7, 11) is 0. The second-order valence-corrected chi connectivity index (χ2v) is 5.12. The van der Waals surface area contributed by atoms with Crippen LogP contribution in [0.1, 0.15) is 6.92 Å². The summed E-state index contributed by atoms with van der Waals surface area (Å²) in [5.41, 5.74) is 6.24. The Labute approximate surface area is 131 Å². The van der Waals surface area contributed by atoms with E-state index in [4.69, 9.17) is 40.5 Å². The van der Waals surface area contributed by atoms with E-state index in [0.29, 0.717) is 32.4 Å². The fourth-order valence-electron chi connectivity index (χ4n) is 1.56. The minimum absolute atomic E-state index is 0.155. The quantitative estimate of drug-likeness (QED) is 0.732. The zero-order valence-corrected chi connectivity index (χ0v) is 12.8. The van der Waals surface area contributed by atoms with Crippen LogP contribution < -0.4 is 16.4 Å². The number of hydrogen-bond donors (Lipinski definition) is 3. The van der Waals surface area contributed by atoms with Crippen LogP contribution in [-0.4, -0.2) is 16.5 Å². The van der Waals surface area contributed by atoms with Gasteiger partial charge in [0.1, 0.15) is 11.6 Å². The maximum absolute atomic E-state index is 6.10. The van der Waals surface area contributed by atoms with Crippen LogP contribution in [0.25, 0.3) is 0 Å². The molecule has 0 amide bonds. The summed E-state index contributed by atoms with van der Waals surface area (Å²) in [4.78, 5) is 8.14. The number of anilines is 4. The molecule has 0 saturated carbocycles. The summed E-state index contributed by atoms with van der Waals surface area (Å²) in [6.07, 6.45) is 0. The van der Waals surface area contributed by atoms with Gasteiger partial charge in [-0.25, -0.2) is 0 Å². The summed E-state index contributed by atoms with van der Waals surface area (Å²) in [6.45, 7) is 2.69. The van der Waals surface area contributed by atoms with Gasteiger partial charge in [0.25, 0.3) is 0 Å². The molecule has 106 valence electrons. The molecule has 0 atom stereocenters. The fraction of sp³-hybridized carbons (Fsp3) is 0.167. The molecule has 1 aromatic carbocycles. The van der Waals surface area contributed by atoms with Crippen molar-refractivity contribution in [3.8, 4) is 0 Å². The van der Waals surface area contributed by atoms with E-state index in [1.54, 1.807) is 18.2 Å². The summed E-state index contributed by atoms with van der Waals surface area (Å²) >= 11 is 17.9. The van der Waals surface area contributed by atoms with Crippen molar-refractivity contribution in [3.05, 3.63) is 33.3 Å². The van der Waals surface area contributed by atoms with Crippen molar-refractivity contribution >= 4 is 58.1 Å². The van der Waals surface area contributed by atoms with E-state index in [1.165, 1.54) is 0 Å². The number of nitrogens with zero attached hydrogens (tertiary/aromatic N) is 2. The lowest BCUT2D eigenvalue weighted by atomic mass is 10.3. The zero-order valence-electron chi connectivity index (χ0n) is 10.5. The predicted molar refractivity (Wildman–Crippen MR) is 85.4 cm³/mol. The molecule has 0 aliphatic rings. The first-order valence-electron chi connectivity index (χ1n) is 5.79. The van der Waals surface area contributed by atoms with Crippen LogP contribution in [-0.2, 0) is 0 Å². The van der Waals surface area contributed by atoms with Crippen molar-refractivity contribution in [1.82, 2.24) is 9.97 Å². The van der Waals surface area contributed by atoms with E-state index in [9.17, 15) is 0 Å². The minimum atomic E-state index is 0.155. The Bertz CT molecular complexity index is 633. The highest BCUT2D eigenvalue weighted by atomic mass is 35.5. The highest BCUT2D eigenvalue weighted by Gasteiger charge is 2.08. The summed E-state index contributed by atoms with van der Waals surface area (Å²) in [5.74, 6) is 1.29. The highest BCUT2D eigenvalue weighted by Crippen LogP contribution is 2.33. The second kappa shape index (κ2) is 6.35. The molecule has 4 N–H and O–H groups in total. The molecule has 0 bridgehead atoms. The molecule has 0 spiro atoms. The van der Waals surface area contributed by atoms with Gasteiger partial charge in [0.05, 0.1) is 20.8 Å². The summed E-state index contributed by atoms with van der Waals surface area (Å²) in [6, 6.07) is 4.90. The molecule has 0 aliphatic heterocycles. The SMILES string of the molecule is CCNc1cc(Nc2cc(Cl)c(Cl)cc2Cl)nc(N)n1. The number of benzene rings is 1. The van der Waals surface area contributed by atoms with Gasteiger partial charge in [0, 0.05) is 12.6 Å². The Hall–Kier alpha value is -1.43. The average molecular weight is 333 g/mol. The van der Waals surface area contributed by atoms with Crippen molar-refractivity contribution in [2.75, 3.05) is 22.9 Å². The van der Waals surface area contributed by atoms with Crippen LogP contribution in [0.5, 0.6) is 0 Å². The van der Waals surface area contributed by atoms with Crippen molar-refractivity contribution in [2.24, 2.45) is 0 Å². The Morgan fingerprint density at radius 1 is 1.00 bits per heavy atom. The monoisotopic (exact) mass is 331 g/mol. The first kappa shape index (κ1) is 15.0. The molecule has 2 rings (SSSR count). The average Bonchev–Trinajstić information content (AvgIpc) is 2.35. The number of nitrogen functional groups attached to an aromatic ring is 1. The second-order valence-electron chi connectivity index (χ2n) is 3.90. The molecule has 8 heteroatoms. The lowest BCUT2D eigenvalue weighted by Crippen LogP contribution is -2.05. The number of halogens is 3. The van der Waals surface area contributed by atoms with Gasteiger partial charge in [-0.3, -0.25) is 0 Å². The maximum Gasteiger partial charge on any atom is 0.223 e. The van der Waals surface area contributed by atoms with Crippen molar-refractivity contribution in [3.63, 3.8) is 0 Å². The topological polar surface area (TPSA) is 75.9 Å². The largest absolute Gasteiger partial charge is 0.370 e. The van der Waals surface area contributed by atoms with Crippen LogP contribution in [0.15, 0.2) is 18.2 Å². The Balaban J connectivity index is 2.32. The van der Waals surface area contributed by atoms with Crippen molar-refractivity contribution in [2.45, 2.75) is 6.92 Å². The van der Waals surface area contributed by atoms with Gasteiger partial charge in [-0.1, -0.05) is 34.8 Å². The third-order valence-electron chi connectivity index (χ3n) is 2.37. The molecular weight excluding hydrogens is 321 g/mol. The minimum Gasteiger partial charge on any atom is -0.370 e. The standard InChI is InChI=1S/C12H12Cl3N5/c1-2-17-10-5-11(20-12(16)19-10)18-9-4-7(14)6(13)3-8(9)15/h3-5H,2H2,1H3,(H4,16,17,18,19,20). The maximum atomic E-state index is 6.10. The number of rotatable bonds is 4. The molecule has 20 heavy (non-hydrogen) atoms. The summed E-state index contributed by atoms with van der Waals surface area (Å²) < 4.78 is 0. The van der Waals surface area contributed by atoms with Gasteiger partial charge in [-0.15, -0.1) is 0 Å². The third kappa shape index (κ3) is 3.56. The van der Waals surface area contributed by atoms with Crippen LogP contribution in [0.2, 0.25) is 15.1 Å². The van der Waals surface area contributed by atoms with Crippen molar-refractivity contribution in [1.29, 1.82) is 0 Å². The lowest BCUT2D eigenvalue weighted by molar-refractivity contribution is 1.12. The van der Waals surface area contributed by atoms with Gasteiger partial charge < -0.3 is 16.4 Å². The molecule has 0 aliphatic carbocycles. The number of hydrogen-bond acceptors (Lipinski definition) is 5. The van der Waals surface area contributed by atoms with E-state index in [0.717, 1.165) is 6.54 Å². The third-order valence-corrected chi connectivity index (χ3v) is 3.41. The molecule has 0 unspecified atom stereocenters. The molecule has 0 saturated heterocycles. The van der Waals surface area contributed by atoms with Crippen LogP contribution in [0.3, 0.4) is 0 Å². The smallest absolute Gasteiger partial charge is 0.223 e. The fourth-order valence-corrected chi connectivity index (χ4v) is 2.15. The van der Waals surface area contributed by atoms with Crippen LogP contribution >= 0.6 is 34.8 Å². The predicted octanol–water partition coefficient (Wildman–Crippen LogP) is 4.19. The first-order valence-corrected chi connectivity index (χ1v) is 6.93. The number of nitrogens with one attached hydrogen (secondary N) is 2. The van der Waals surface area contributed by atoms with Gasteiger partial charge in [0.2, 0.25) is 5.95 Å². The summed E-state index contributed by atoms with van der Waals surface area (Å²) in [5, 5.41) is 7.31. The molecule has 1 heterocycles. The van der Waals surface area contributed by atoms with Gasteiger partial charge >= 0.3 is 0 Å². The number of nitrogens with two attached hydrogens (primary N) is 1. The Morgan fingerprint density at radius 2 is 1.65 bits per heavy atom.